The van der Waals surface area contributed by atoms with Crippen molar-refractivity contribution in [3.63, 3.8) is 0 Å². The minimum Gasteiger partial charge on any atom is -0.493 e. The monoisotopic (exact) mass is 504 g/mol. The summed E-state index contributed by atoms with van der Waals surface area (Å²) in [5, 5.41) is 3.57. The lowest BCUT2D eigenvalue weighted by molar-refractivity contribution is -0.125. The van der Waals surface area contributed by atoms with Crippen LogP contribution in [-0.2, 0) is 4.79 Å². The van der Waals surface area contributed by atoms with Crippen molar-refractivity contribution in [1.82, 2.24) is 4.90 Å². The molecule has 7 nitrogen and oxygen atoms in total. The molecule has 3 unspecified atom stereocenters. The molecule has 2 amide bonds. The quantitative estimate of drug-likeness (QED) is 0.539. The summed E-state index contributed by atoms with van der Waals surface area (Å²) >= 11 is 6.41. The molecule has 0 saturated carbocycles. The SMILES string of the molecule is COc1cc2c(cc1OC)C(=O)N1C3c4cc(Cl)ccc4OCC3C(c3ccccc3)[C@]1(C)C(=O)N2. The van der Waals surface area contributed by atoms with E-state index in [1.807, 2.05) is 49.4 Å². The van der Waals surface area contributed by atoms with Crippen LogP contribution in [0.15, 0.2) is 60.7 Å². The van der Waals surface area contributed by atoms with E-state index in [-0.39, 0.29) is 23.7 Å². The lowest BCUT2D eigenvalue weighted by Crippen LogP contribution is -2.54. The number of carbonyl (C=O) groups excluding carboxylic acids is 2. The van der Waals surface area contributed by atoms with E-state index < -0.39 is 11.6 Å². The maximum absolute atomic E-state index is 14.4. The number of ether oxygens (including phenoxy) is 3. The van der Waals surface area contributed by atoms with E-state index >= 15 is 0 Å². The van der Waals surface area contributed by atoms with E-state index in [9.17, 15) is 9.59 Å². The second-order valence-electron chi connectivity index (χ2n) is 9.52. The fourth-order valence-corrected chi connectivity index (χ4v) is 6.39. The largest absolute Gasteiger partial charge is 0.493 e. The zero-order valence-electron chi connectivity index (χ0n) is 20.1. The van der Waals surface area contributed by atoms with Crippen molar-refractivity contribution in [3.05, 3.63) is 82.4 Å². The third-order valence-corrected chi connectivity index (χ3v) is 8.01. The summed E-state index contributed by atoms with van der Waals surface area (Å²) in [6, 6.07) is 18.1. The summed E-state index contributed by atoms with van der Waals surface area (Å²) < 4.78 is 17.1. The number of amides is 2. The minimum absolute atomic E-state index is 0.167. The zero-order valence-corrected chi connectivity index (χ0v) is 20.8. The van der Waals surface area contributed by atoms with Crippen LogP contribution in [0.25, 0.3) is 0 Å². The number of rotatable bonds is 3. The van der Waals surface area contributed by atoms with Crippen molar-refractivity contribution in [2.45, 2.75) is 24.4 Å². The molecular weight excluding hydrogens is 480 g/mol. The Morgan fingerprint density at radius 2 is 1.75 bits per heavy atom. The highest BCUT2D eigenvalue weighted by Gasteiger charge is 2.65. The predicted octanol–water partition coefficient (Wildman–Crippen LogP) is 5.06. The molecule has 0 bridgehead atoms. The second-order valence-corrected chi connectivity index (χ2v) is 9.96. The van der Waals surface area contributed by atoms with E-state index in [0.29, 0.717) is 40.1 Å². The van der Waals surface area contributed by atoms with Crippen molar-refractivity contribution >= 4 is 29.1 Å². The van der Waals surface area contributed by atoms with Crippen molar-refractivity contribution in [1.29, 1.82) is 0 Å². The van der Waals surface area contributed by atoms with Gasteiger partial charge in [0.2, 0.25) is 0 Å². The van der Waals surface area contributed by atoms with Crippen LogP contribution in [0.3, 0.4) is 0 Å². The highest BCUT2D eigenvalue weighted by molar-refractivity contribution is 6.30. The third kappa shape index (κ3) is 3.05. The third-order valence-electron chi connectivity index (χ3n) is 7.78. The Morgan fingerprint density at radius 1 is 1.03 bits per heavy atom. The van der Waals surface area contributed by atoms with Gasteiger partial charge in [-0.25, -0.2) is 0 Å². The first-order valence-corrected chi connectivity index (χ1v) is 12.1. The first-order valence-electron chi connectivity index (χ1n) is 11.8. The number of nitrogens with zero attached hydrogens (tertiary/aromatic N) is 1. The average molecular weight is 505 g/mol. The van der Waals surface area contributed by atoms with E-state index in [4.69, 9.17) is 25.8 Å². The number of methoxy groups -OCH3 is 2. The summed E-state index contributed by atoms with van der Waals surface area (Å²) in [5.41, 5.74) is 1.29. The molecule has 36 heavy (non-hydrogen) atoms. The van der Waals surface area contributed by atoms with Gasteiger partial charge in [-0.1, -0.05) is 41.9 Å². The molecular formula is C28H25ClN2O5. The van der Waals surface area contributed by atoms with Gasteiger partial charge in [0.25, 0.3) is 11.8 Å². The molecule has 0 aliphatic carbocycles. The van der Waals surface area contributed by atoms with Crippen LogP contribution in [0.5, 0.6) is 17.2 Å². The Bertz CT molecular complexity index is 1390. The van der Waals surface area contributed by atoms with Crippen LogP contribution in [0.2, 0.25) is 5.02 Å². The summed E-state index contributed by atoms with van der Waals surface area (Å²) in [7, 11) is 3.03. The van der Waals surface area contributed by atoms with Crippen molar-refractivity contribution in [3.8, 4) is 17.2 Å². The minimum atomic E-state index is -1.21. The number of hydrogen-bond acceptors (Lipinski definition) is 5. The van der Waals surface area contributed by atoms with Gasteiger partial charge in [0.05, 0.1) is 38.1 Å². The Labute approximate surface area is 213 Å². The predicted molar refractivity (Wildman–Crippen MR) is 135 cm³/mol. The van der Waals surface area contributed by atoms with Gasteiger partial charge in [0, 0.05) is 28.5 Å². The molecule has 1 N–H and O–H groups in total. The number of carbonyl (C=O) groups is 2. The Balaban J connectivity index is 1.62. The maximum atomic E-state index is 14.4. The zero-order chi connectivity index (χ0) is 25.2. The topological polar surface area (TPSA) is 77.1 Å². The highest BCUT2D eigenvalue weighted by atomic mass is 35.5. The lowest BCUT2D eigenvalue weighted by Gasteiger charge is -2.38. The molecule has 4 atom stereocenters. The van der Waals surface area contributed by atoms with E-state index in [1.54, 1.807) is 23.1 Å². The van der Waals surface area contributed by atoms with E-state index in [2.05, 4.69) is 5.32 Å². The molecule has 3 aliphatic rings. The average Bonchev–Trinajstić information content (AvgIpc) is 3.14. The number of benzene rings is 3. The molecule has 3 aliphatic heterocycles. The molecule has 6 rings (SSSR count). The van der Waals surface area contributed by atoms with Crippen molar-refractivity contribution in [2.75, 3.05) is 26.1 Å². The van der Waals surface area contributed by atoms with Crippen LogP contribution in [0, 0.1) is 5.92 Å². The normalized spacial score (nSPS) is 26.0. The van der Waals surface area contributed by atoms with Gasteiger partial charge in [0.1, 0.15) is 11.3 Å². The summed E-state index contributed by atoms with van der Waals surface area (Å²) in [4.78, 5) is 30.3. The van der Waals surface area contributed by atoms with Gasteiger partial charge in [-0.15, -0.1) is 0 Å². The number of fused-ring (bicyclic) bond motifs is 6. The first kappa shape index (κ1) is 22.7. The molecule has 184 valence electrons. The van der Waals surface area contributed by atoms with Gasteiger partial charge in [-0.3, -0.25) is 9.59 Å². The molecule has 3 heterocycles. The van der Waals surface area contributed by atoms with Crippen molar-refractivity contribution in [2.24, 2.45) is 5.92 Å². The molecule has 1 saturated heterocycles. The standard InChI is InChI=1S/C28H25ClN2O5/c1-28-24(15-7-5-4-6-8-15)19-14-36-21-10-9-16(29)11-18(21)25(19)31(28)26(32)17-12-22(34-2)23(35-3)13-20(17)30-27(28)33/h4-13,19,24-25H,14H2,1-3H3,(H,30,33)/t19?,24?,25?,28-/m1/s1. The lowest BCUT2D eigenvalue weighted by atomic mass is 9.73. The van der Waals surface area contributed by atoms with Crippen LogP contribution in [0.4, 0.5) is 5.69 Å². The fraction of sp³-hybridized carbons (Fsp3) is 0.286. The highest BCUT2D eigenvalue weighted by Crippen LogP contribution is 2.60. The summed E-state index contributed by atoms with van der Waals surface area (Å²) in [6.45, 7) is 2.21. The first-order chi connectivity index (χ1) is 17.4. The molecule has 8 heteroatoms. The smallest absolute Gasteiger partial charge is 0.257 e. The van der Waals surface area contributed by atoms with Gasteiger partial charge < -0.3 is 24.4 Å². The molecule has 3 aromatic carbocycles. The molecule has 1 fully saturated rings. The van der Waals surface area contributed by atoms with Crippen LogP contribution >= 0.6 is 11.6 Å². The van der Waals surface area contributed by atoms with Gasteiger partial charge in [0.15, 0.2) is 11.5 Å². The number of hydrogen-bond donors (Lipinski definition) is 1. The number of nitrogens with one attached hydrogen (secondary N) is 1. The Hall–Kier alpha value is -3.71. The van der Waals surface area contributed by atoms with Gasteiger partial charge in [-0.2, -0.15) is 0 Å². The maximum Gasteiger partial charge on any atom is 0.257 e. The number of anilines is 1. The summed E-state index contributed by atoms with van der Waals surface area (Å²) in [5.74, 6) is 0.478. The fourth-order valence-electron chi connectivity index (χ4n) is 6.21. The summed E-state index contributed by atoms with van der Waals surface area (Å²) in [6.07, 6.45) is 0. The molecule has 0 spiro atoms. The Morgan fingerprint density at radius 3 is 2.47 bits per heavy atom. The molecule has 3 aromatic rings. The van der Waals surface area contributed by atoms with Gasteiger partial charge in [-0.05, 0) is 36.8 Å². The van der Waals surface area contributed by atoms with Crippen LogP contribution < -0.4 is 19.5 Å². The number of halogens is 1. The second kappa shape index (κ2) is 8.17. The van der Waals surface area contributed by atoms with Gasteiger partial charge >= 0.3 is 0 Å². The van der Waals surface area contributed by atoms with Crippen molar-refractivity contribution < 1.29 is 23.8 Å². The van der Waals surface area contributed by atoms with E-state index in [0.717, 1.165) is 11.1 Å². The van der Waals surface area contributed by atoms with Crippen LogP contribution in [-0.4, -0.2) is 43.1 Å². The Kier molecular flexibility index (Phi) is 5.16. The molecule has 0 radical (unpaired) electrons. The van der Waals surface area contributed by atoms with Crippen LogP contribution in [0.1, 0.15) is 40.4 Å². The van der Waals surface area contributed by atoms with E-state index in [1.165, 1.54) is 14.2 Å². The molecule has 0 aromatic heterocycles.